The zero-order chi connectivity index (χ0) is 13.3. The number of carbonyl (C=O) groups excluding carboxylic acids is 1. The number of amides is 1. The van der Waals surface area contributed by atoms with Crippen molar-refractivity contribution in [2.75, 3.05) is 26.7 Å². The Balaban J connectivity index is 2.07. The lowest BCUT2D eigenvalue weighted by Gasteiger charge is -2.48. The van der Waals surface area contributed by atoms with Crippen LogP contribution >= 0.6 is 0 Å². The van der Waals surface area contributed by atoms with Gasteiger partial charge in [0.1, 0.15) is 5.60 Å². The molecule has 104 valence electrons. The van der Waals surface area contributed by atoms with E-state index in [2.05, 4.69) is 11.8 Å². The van der Waals surface area contributed by atoms with Crippen LogP contribution in [0, 0.1) is 0 Å². The second kappa shape index (κ2) is 5.17. The molecule has 4 nitrogen and oxygen atoms in total. The van der Waals surface area contributed by atoms with Gasteiger partial charge in [0.25, 0.3) is 5.91 Å². The van der Waals surface area contributed by atoms with E-state index in [1.807, 2.05) is 18.7 Å². The van der Waals surface area contributed by atoms with Crippen molar-refractivity contribution in [1.29, 1.82) is 0 Å². The highest BCUT2D eigenvalue weighted by Gasteiger charge is 2.40. The Hall–Kier alpha value is -0.610. The molecule has 18 heavy (non-hydrogen) atoms. The van der Waals surface area contributed by atoms with E-state index in [1.165, 1.54) is 25.8 Å². The molecule has 4 heteroatoms. The second-order valence-electron chi connectivity index (χ2n) is 6.17. The maximum Gasteiger partial charge on any atom is 0.254 e. The van der Waals surface area contributed by atoms with Gasteiger partial charge in [-0.3, -0.25) is 9.69 Å². The molecule has 2 atom stereocenters. The monoisotopic (exact) mass is 254 g/mol. The van der Waals surface area contributed by atoms with Gasteiger partial charge in [0, 0.05) is 32.3 Å². The van der Waals surface area contributed by atoms with Crippen molar-refractivity contribution in [2.24, 2.45) is 0 Å². The van der Waals surface area contributed by atoms with E-state index in [-0.39, 0.29) is 5.91 Å². The topological polar surface area (TPSA) is 32.8 Å². The lowest BCUT2D eigenvalue weighted by Crippen LogP contribution is -2.63. The first kappa shape index (κ1) is 13.8. The van der Waals surface area contributed by atoms with Crippen LogP contribution in [0.25, 0.3) is 0 Å². The average Bonchev–Trinajstić information content (AvgIpc) is 2.37. The van der Waals surface area contributed by atoms with Crippen LogP contribution in [0.3, 0.4) is 0 Å². The first-order valence-electron chi connectivity index (χ1n) is 7.06. The lowest BCUT2D eigenvalue weighted by atomic mass is 9.95. The normalized spacial score (nSPS) is 30.1. The highest BCUT2D eigenvalue weighted by Crippen LogP contribution is 2.26. The fraction of sp³-hybridized carbons (Fsp3) is 0.929. The Morgan fingerprint density at radius 3 is 2.67 bits per heavy atom. The van der Waals surface area contributed by atoms with Crippen LogP contribution in [0.15, 0.2) is 0 Å². The summed E-state index contributed by atoms with van der Waals surface area (Å²) in [7, 11) is 1.61. The fourth-order valence-corrected chi connectivity index (χ4v) is 3.07. The zero-order valence-corrected chi connectivity index (χ0v) is 12.1. The Morgan fingerprint density at radius 2 is 2.00 bits per heavy atom. The van der Waals surface area contributed by atoms with Gasteiger partial charge in [-0.05, 0) is 40.2 Å². The smallest absolute Gasteiger partial charge is 0.254 e. The molecule has 2 heterocycles. The van der Waals surface area contributed by atoms with Gasteiger partial charge in [0.05, 0.1) is 0 Å². The van der Waals surface area contributed by atoms with Gasteiger partial charge in [-0.1, -0.05) is 6.42 Å². The third kappa shape index (κ3) is 2.54. The summed E-state index contributed by atoms with van der Waals surface area (Å²) in [6, 6.07) is 0.854. The number of hydrogen-bond donors (Lipinski definition) is 0. The van der Waals surface area contributed by atoms with Crippen molar-refractivity contribution in [1.82, 2.24) is 9.80 Å². The van der Waals surface area contributed by atoms with Crippen LogP contribution < -0.4 is 0 Å². The van der Waals surface area contributed by atoms with Crippen molar-refractivity contribution in [3.8, 4) is 0 Å². The van der Waals surface area contributed by atoms with E-state index in [0.717, 1.165) is 13.1 Å². The van der Waals surface area contributed by atoms with Gasteiger partial charge in [-0.25, -0.2) is 0 Å². The number of rotatable bonds is 2. The summed E-state index contributed by atoms with van der Waals surface area (Å²) in [6.45, 7) is 8.94. The molecule has 0 aliphatic carbocycles. The molecule has 0 N–H and O–H groups in total. The van der Waals surface area contributed by atoms with Gasteiger partial charge in [0.2, 0.25) is 0 Å². The minimum absolute atomic E-state index is 0.128. The van der Waals surface area contributed by atoms with Crippen LogP contribution in [-0.2, 0) is 9.53 Å². The molecule has 0 aromatic rings. The number of carbonyl (C=O) groups is 1. The minimum Gasteiger partial charge on any atom is -0.369 e. The third-order valence-corrected chi connectivity index (χ3v) is 4.47. The second-order valence-corrected chi connectivity index (χ2v) is 6.17. The molecule has 0 aromatic carbocycles. The molecule has 2 fully saturated rings. The number of hydrogen-bond acceptors (Lipinski definition) is 3. The molecular weight excluding hydrogens is 228 g/mol. The standard InChI is InChI=1S/C14H26N2O2/c1-11-9-15-8-6-5-7-12(15)10-16(11)13(17)14(2,3)18-4/h11-12H,5-10H2,1-4H3. The predicted octanol–water partition coefficient (Wildman–Crippen LogP) is 1.50. The van der Waals surface area contributed by atoms with Crippen LogP contribution in [0.2, 0.25) is 0 Å². The molecule has 2 saturated heterocycles. The van der Waals surface area contributed by atoms with Gasteiger partial charge in [-0.15, -0.1) is 0 Å². The number of piperazine rings is 1. The van der Waals surface area contributed by atoms with E-state index < -0.39 is 5.60 Å². The quantitative estimate of drug-likeness (QED) is 0.748. The Labute approximate surface area is 110 Å². The molecule has 0 saturated carbocycles. The maximum atomic E-state index is 12.5. The van der Waals surface area contributed by atoms with E-state index in [9.17, 15) is 4.79 Å². The highest BCUT2D eigenvalue weighted by molar-refractivity contribution is 5.84. The summed E-state index contributed by atoms with van der Waals surface area (Å²) >= 11 is 0. The van der Waals surface area contributed by atoms with Crippen molar-refractivity contribution in [3.05, 3.63) is 0 Å². The Kier molecular flexibility index (Phi) is 3.97. The van der Waals surface area contributed by atoms with E-state index in [1.54, 1.807) is 7.11 Å². The molecule has 2 aliphatic heterocycles. The lowest BCUT2D eigenvalue weighted by molar-refractivity contribution is -0.158. The molecule has 0 bridgehead atoms. The van der Waals surface area contributed by atoms with Crippen LogP contribution in [0.1, 0.15) is 40.0 Å². The molecule has 0 aromatic heterocycles. The largest absolute Gasteiger partial charge is 0.369 e. The summed E-state index contributed by atoms with van der Waals surface area (Å²) in [5.74, 6) is 0.128. The minimum atomic E-state index is -0.703. The van der Waals surface area contributed by atoms with Gasteiger partial charge in [-0.2, -0.15) is 0 Å². The van der Waals surface area contributed by atoms with Gasteiger partial charge < -0.3 is 9.64 Å². The first-order valence-corrected chi connectivity index (χ1v) is 7.06. The first-order chi connectivity index (χ1) is 8.45. The molecule has 1 amide bonds. The van der Waals surface area contributed by atoms with E-state index in [4.69, 9.17) is 4.74 Å². The number of fused-ring (bicyclic) bond motifs is 1. The van der Waals surface area contributed by atoms with Crippen molar-refractivity contribution in [3.63, 3.8) is 0 Å². The summed E-state index contributed by atoms with van der Waals surface area (Å²) in [5, 5.41) is 0. The van der Waals surface area contributed by atoms with Crippen LogP contribution in [0.4, 0.5) is 0 Å². The molecule has 2 unspecified atom stereocenters. The summed E-state index contributed by atoms with van der Waals surface area (Å²) in [4.78, 5) is 17.1. The molecule has 2 rings (SSSR count). The van der Waals surface area contributed by atoms with Gasteiger partial charge >= 0.3 is 0 Å². The van der Waals surface area contributed by atoms with Crippen molar-refractivity contribution >= 4 is 5.91 Å². The Bertz CT molecular complexity index is 317. The third-order valence-electron chi connectivity index (χ3n) is 4.47. The van der Waals surface area contributed by atoms with Crippen molar-refractivity contribution in [2.45, 2.75) is 57.7 Å². The fourth-order valence-electron chi connectivity index (χ4n) is 3.07. The van der Waals surface area contributed by atoms with E-state index >= 15 is 0 Å². The van der Waals surface area contributed by atoms with Crippen LogP contribution in [0.5, 0.6) is 0 Å². The molecule has 2 aliphatic rings. The zero-order valence-electron chi connectivity index (χ0n) is 12.1. The number of piperidine rings is 1. The predicted molar refractivity (Wildman–Crippen MR) is 71.5 cm³/mol. The number of methoxy groups -OCH3 is 1. The SMILES string of the molecule is COC(C)(C)C(=O)N1CC2CCCCN2CC1C. The number of ether oxygens (including phenoxy) is 1. The average molecular weight is 254 g/mol. The molecular formula is C14H26N2O2. The summed E-state index contributed by atoms with van der Waals surface area (Å²) in [6.07, 6.45) is 3.83. The maximum absolute atomic E-state index is 12.5. The molecule has 0 spiro atoms. The summed E-state index contributed by atoms with van der Waals surface area (Å²) in [5.41, 5.74) is -0.703. The molecule has 0 radical (unpaired) electrons. The summed E-state index contributed by atoms with van der Waals surface area (Å²) < 4.78 is 5.33. The van der Waals surface area contributed by atoms with Gasteiger partial charge in [0.15, 0.2) is 0 Å². The Morgan fingerprint density at radius 1 is 1.28 bits per heavy atom. The van der Waals surface area contributed by atoms with E-state index in [0.29, 0.717) is 12.1 Å². The highest BCUT2D eigenvalue weighted by atomic mass is 16.5. The van der Waals surface area contributed by atoms with Crippen molar-refractivity contribution < 1.29 is 9.53 Å². The number of nitrogens with zero attached hydrogens (tertiary/aromatic N) is 2. The van der Waals surface area contributed by atoms with Crippen LogP contribution in [-0.4, -0.2) is 60.1 Å².